The minimum absolute atomic E-state index is 0.197. The Balaban J connectivity index is 2.25. The van der Waals surface area contributed by atoms with Gasteiger partial charge in [-0.15, -0.1) is 0 Å². The van der Waals surface area contributed by atoms with Gasteiger partial charge in [0.05, 0.1) is 11.9 Å². The third kappa shape index (κ3) is 2.82. The fourth-order valence-corrected chi connectivity index (χ4v) is 1.80. The summed E-state index contributed by atoms with van der Waals surface area (Å²) in [5, 5.41) is 4.10. The predicted molar refractivity (Wildman–Crippen MR) is 72.5 cm³/mol. The van der Waals surface area contributed by atoms with Gasteiger partial charge in [-0.2, -0.15) is 5.10 Å². The van der Waals surface area contributed by atoms with Gasteiger partial charge in [0.1, 0.15) is 5.69 Å². The van der Waals surface area contributed by atoms with Crippen molar-refractivity contribution >= 4 is 17.4 Å². The fraction of sp³-hybridized carbons (Fsp3) is 0.250. The number of hydrogen-bond donors (Lipinski definition) is 2. The first kappa shape index (κ1) is 12.9. The second-order valence-corrected chi connectivity index (χ2v) is 4.35. The second-order valence-electron chi connectivity index (χ2n) is 4.35. The van der Waals surface area contributed by atoms with E-state index in [1.165, 1.54) is 6.07 Å². The Bertz CT molecular complexity index is 606. The number of primary amides is 1. The summed E-state index contributed by atoms with van der Waals surface area (Å²) in [7, 11) is 3.69. The number of nitrogens with zero attached hydrogens (tertiary/aromatic N) is 4. The van der Waals surface area contributed by atoms with E-state index < -0.39 is 5.91 Å². The van der Waals surface area contributed by atoms with Gasteiger partial charge in [0.25, 0.3) is 5.91 Å². The molecule has 0 aromatic carbocycles. The summed E-state index contributed by atoms with van der Waals surface area (Å²) in [4.78, 5) is 17.2. The zero-order valence-corrected chi connectivity index (χ0v) is 10.9. The number of anilines is 2. The van der Waals surface area contributed by atoms with Gasteiger partial charge in [0.2, 0.25) is 0 Å². The Hall–Kier alpha value is -2.57. The Morgan fingerprint density at radius 1 is 1.47 bits per heavy atom. The smallest absolute Gasteiger partial charge is 0.267 e. The monoisotopic (exact) mass is 260 g/mol. The average Bonchev–Trinajstić information content (AvgIpc) is 2.74. The van der Waals surface area contributed by atoms with Crippen molar-refractivity contribution in [1.82, 2.24) is 14.8 Å². The standard InChI is InChI=1S/C12H16N6O/c1-17(6-8-5-15-18(2)7-8)12-9(13)3-4-10(16-12)11(14)19/h3-5,7H,6,13H2,1-2H3,(H2,14,19). The highest BCUT2D eigenvalue weighted by molar-refractivity contribution is 5.91. The quantitative estimate of drug-likeness (QED) is 0.813. The third-order valence-corrected chi connectivity index (χ3v) is 2.70. The maximum absolute atomic E-state index is 11.1. The van der Waals surface area contributed by atoms with Crippen LogP contribution in [0, 0.1) is 0 Å². The topological polar surface area (TPSA) is 103 Å². The van der Waals surface area contributed by atoms with Crippen LogP contribution >= 0.6 is 0 Å². The van der Waals surface area contributed by atoms with E-state index in [1.807, 2.05) is 25.2 Å². The summed E-state index contributed by atoms with van der Waals surface area (Å²) in [5.74, 6) is -0.0452. The largest absolute Gasteiger partial charge is 0.396 e. The van der Waals surface area contributed by atoms with Gasteiger partial charge in [0, 0.05) is 32.4 Å². The summed E-state index contributed by atoms with van der Waals surface area (Å²) in [6.07, 6.45) is 3.68. The Morgan fingerprint density at radius 2 is 2.21 bits per heavy atom. The lowest BCUT2D eigenvalue weighted by Gasteiger charge is -2.19. The van der Waals surface area contributed by atoms with E-state index in [-0.39, 0.29) is 5.69 Å². The lowest BCUT2D eigenvalue weighted by Crippen LogP contribution is -2.21. The molecule has 0 saturated carbocycles. The van der Waals surface area contributed by atoms with Gasteiger partial charge in [-0.1, -0.05) is 0 Å². The molecule has 2 aromatic rings. The zero-order valence-electron chi connectivity index (χ0n) is 10.9. The van der Waals surface area contributed by atoms with Gasteiger partial charge < -0.3 is 16.4 Å². The van der Waals surface area contributed by atoms with Crippen LogP contribution < -0.4 is 16.4 Å². The molecule has 2 rings (SSSR count). The van der Waals surface area contributed by atoms with Gasteiger partial charge in [0.15, 0.2) is 5.82 Å². The van der Waals surface area contributed by atoms with Crippen molar-refractivity contribution in [2.24, 2.45) is 12.8 Å². The van der Waals surface area contributed by atoms with Crippen molar-refractivity contribution in [2.75, 3.05) is 17.7 Å². The molecule has 0 spiro atoms. The molecule has 0 unspecified atom stereocenters. The first-order chi connectivity index (χ1) is 8.97. The predicted octanol–water partition coefficient (Wildman–Crippen LogP) is 0.133. The van der Waals surface area contributed by atoms with Crippen LogP contribution in [0.3, 0.4) is 0 Å². The molecule has 0 aliphatic heterocycles. The molecule has 7 heteroatoms. The van der Waals surface area contributed by atoms with Gasteiger partial charge in [-0.05, 0) is 12.1 Å². The van der Waals surface area contributed by atoms with E-state index in [0.717, 1.165) is 5.56 Å². The first-order valence-electron chi connectivity index (χ1n) is 5.72. The van der Waals surface area contributed by atoms with Crippen molar-refractivity contribution in [2.45, 2.75) is 6.54 Å². The minimum atomic E-state index is -0.573. The van der Waals surface area contributed by atoms with Crippen molar-refractivity contribution in [3.05, 3.63) is 35.8 Å². The molecule has 0 radical (unpaired) electrons. The van der Waals surface area contributed by atoms with E-state index >= 15 is 0 Å². The molecule has 19 heavy (non-hydrogen) atoms. The van der Waals surface area contributed by atoms with Crippen molar-refractivity contribution in [1.29, 1.82) is 0 Å². The molecule has 0 fully saturated rings. The zero-order chi connectivity index (χ0) is 14.0. The van der Waals surface area contributed by atoms with Crippen LogP contribution in [-0.4, -0.2) is 27.7 Å². The van der Waals surface area contributed by atoms with Crippen LogP contribution in [-0.2, 0) is 13.6 Å². The lowest BCUT2D eigenvalue weighted by atomic mass is 10.2. The summed E-state index contributed by atoms with van der Waals surface area (Å²) >= 11 is 0. The number of rotatable bonds is 4. The normalized spacial score (nSPS) is 10.4. The molecule has 2 heterocycles. The van der Waals surface area contributed by atoms with Gasteiger partial charge >= 0.3 is 0 Å². The molecule has 7 nitrogen and oxygen atoms in total. The molecular formula is C12H16N6O. The number of amides is 1. The summed E-state index contributed by atoms with van der Waals surface area (Å²) < 4.78 is 1.72. The first-order valence-corrected chi connectivity index (χ1v) is 5.72. The Kier molecular flexibility index (Phi) is 3.37. The highest BCUT2D eigenvalue weighted by Gasteiger charge is 2.12. The highest BCUT2D eigenvalue weighted by atomic mass is 16.1. The van der Waals surface area contributed by atoms with Crippen LogP contribution in [0.5, 0.6) is 0 Å². The maximum Gasteiger partial charge on any atom is 0.267 e. The number of nitrogens with two attached hydrogens (primary N) is 2. The summed E-state index contributed by atoms with van der Waals surface area (Å²) in [6.45, 7) is 0.591. The Morgan fingerprint density at radius 3 is 2.79 bits per heavy atom. The SMILES string of the molecule is CN(Cc1cnn(C)c1)c1nc(C(N)=O)ccc1N. The molecular weight excluding hydrogens is 244 g/mol. The molecule has 1 amide bonds. The second kappa shape index (κ2) is 4.97. The molecule has 0 bridgehead atoms. The van der Waals surface area contributed by atoms with Crippen molar-refractivity contribution in [3.63, 3.8) is 0 Å². The van der Waals surface area contributed by atoms with E-state index in [4.69, 9.17) is 11.5 Å². The van der Waals surface area contributed by atoms with E-state index in [0.29, 0.717) is 18.1 Å². The van der Waals surface area contributed by atoms with Gasteiger partial charge in [-0.3, -0.25) is 9.48 Å². The number of carbonyl (C=O) groups excluding carboxylic acids is 1. The van der Waals surface area contributed by atoms with E-state index in [2.05, 4.69) is 10.1 Å². The van der Waals surface area contributed by atoms with Gasteiger partial charge in [-0.25, -0.2) is 4.98 Å². The van der Waals surface area contributed by atoms with Crippen LogP contribution in [0.1, 0.15) is 16.1 Å². The number of carbonyl (C=O) groups is 1. The number of nitrogen functional groups attached to an aromatic ring is 1. The minimum Gasteiger partial charge on any atom is -0.396 e. The molecule has 0 aliphatic carbocycles. The van der Waals surface area contributed by atoms with Crippen LogP contribution in [0.2, 0.25) is 0 Å². The fourth-order valence-electron chi connectivity index (χ4n) is 1.80. The molecule has 2 aromatic heterocycles. The lowest BCUT2D eigenvalue weighted by molar-refractivity contribution is 0.0995. The van der Waals surface area contributed by atoms with Crippen LogP contribution in [0.4, 0.5) is 11.5 Å². The number of aromatic nitrogens is 3. The van der Waals surface area contributed by atoms with Crippen molar-refractivity contribution in [3.8, 4) is 0 Å². The average molecular weight is 260 g/mol. The highest BCUT2D eigenvalue weighted by Crippen LogP contribution is 2.21. The molecule has 4 N–H and O–H groups in total. The molecule has 0 atom stereocenters. The van der Waals surface area contributed by atoms with Crippen molar-refractivity contribution < 1.29 is 4.79 Å². The van der Waals surface area contributed by atoms with E-state index in [1.54, 1.807) is 16.9 Å². The Labute approximate surface area is 110 Å². The molecule has 0 aliphatic rings. The third-order valence-electron chi connectivity index (χ3n) is 2.70. The summed E-state index contributed by atoms with van der Waals surface area (Å²) in [5.41, 5.74) is 12.8. The molecule has 100 valence electrons. The molecule has 0 saturated heterocycles. The summed E-state index contributed by atoms with van der Waals surface area (Å²) in [6, 6.07) is 3.14. The maximum atomic E-state index is 11.1. The van der Waals surface area contributed by atoms with Crippen LogP contribution in [0.25, 0.3) is 0 Å². The number of pyridine rings is 1. The number of aryl methyl sites for hydroxylation is 1. The van der Waals surface area contributed by atoms with E-state index in [9.17, 15) is 4.79 Å². The number of hydrogen-bond acceptors (Lipinski definition) is 5. The van der Waals surface area contributed by atoms with Crippen LogP contribution in [0.15, 0.2) is 24.5 Å².